The number of hydrogen-bond acceptors (Lipinski definition) is 2. The van der Waals surface area contributed by atoms with Crippen molar-refractivity contribution >= 4 is 40.6 Å². The van der Waals surface area contributed by atoms with Crippen LogP contribution >= 0.6 is 34.8 Å². The average Bonchev–Trinajstić information content (AvgIpc) is 2.42. The minimum Gasteiger partial charge on any atom is -0.385 e. The van der Waals surface area contributed by atoms with Gasteiger partial charge in [-0.3, -0.25) is 4.79 Å². The van der Waals surface area contributed by atoms with Crippen molar-refractivity contribution < 1.29 is 4.79 Å². The first kappa shape index (κ1) is 12.3. The highest BCUT2D eigenvalue weighted by molar-refractivity contribution is 6.67. The van der Waals surface area contributed by atoms with E-state index in [1.807, 2.05) is 13.0 Å². The molecule has 5 heteroatoms. The fraction of sp³-hybridized carbons (Fsp3) is 0.545. The van der Waals surface area contributed by atoms with Gasteiger partial charge in [-0.05, 0) is 25.0 Å². The predicted molar refractivity (Wildman–Crippen MR) is 66.7 cm³/mol. The SMILES string of the molecule is CC1NC2=CC=CC(=O)C2C1CC(Cl)(Cl)Cl. The molecule has 2 aliphatic rings. The summed E-state index contributed by atoms with van der Waals surface area (Å²) < 4.78 is -1.31. The molecule has 1 fully saturated rings. The zero-order valence-corrected chi connectivity index (χ0v) is 11.0. The lowest BCUT2D eigenvalue weighted by molar-refractivity contribution is -0.118. The maximum Gasteiger partial charge on any atom is 0.191 e. The van der Waals surface area contributed by atoms with E-state index in [4.69, 9.17) is 34.8 Å². The second-order valence-corrected chi connectivity index (χ2v) is 6.79. The summed E-state index contributed by atoms with van der Waals surface area (Å²) in [5.41, 5.74) is 0.944. The standard InChI is InChI=1S/C11H12Cl3NO/c1-6-7(5-11(12,13)14)10-8(15-6)3-2-4-9(10)16/h2-4,6-7,10,15H,5H2,1H3. The minimum atomic E-state index is -1.31. The molecule has 0 saturated carbocycles. The molecule has 3 unspecified atom stereocenters. The maximum atomic E-state index is 11.8. The zero-order valence-electron chi connectivity index (χ0n) is 8.71. The number of halogens is 3. The van der Waals surface area contributed by atoms with E-state index >= 15 is 0 Å². The first-order valence-electron chi connectivity index (χ1n) is 5.14. The van der Waals surface area contributed by atoms with E-state index in [0.29, 0.717) is 6.42 Å². The van der Waals surface area contributed by atoms with Crippen LogP contribution in [0.3, 0.4) is 0 Å². The molecular weight excluding hydrogens is 268 g/mol. The van der Waals surface area contributed by atoms with Gasteiger partial charge in [0.25, 0.3) is 0 Å². The lowest BCUT2D eigenvalue weighted by Crippen LogP contribution is -2.29. The van der Waals surface area contributed by atoms with Crippen LogP contribution in [0.25, 0.3) is 0 Å². The molecule has 0 radical (unpaired) electrons. The van der Waals surface area contributed by atoms with Gasteiger partial charge in [0.2, 0.25) is 0 Å². The minimum absolute atomic E-state index is 0.0381. The fourth-order valence-electron chi connectivity index (χ4n) is 2.41. The Balaban J connectivity index is 2.22. The summed E-state index contributed by atoms with van der Waals surface area (Å²) in [6, 6.07) is 0.149. The van der Waals surface area contributed by atoms with E-state index in [9.17, 15) is 4.79 Å². The van der Waals surface area contributed by atoms with Crippen LogP contribution in [-0.2, 0) is 4.79 Å². The summed E-state index contributed by atoms with van der Waals surface area (Å²) >= 11 is 17.4. The second-order valence-electron chi connectivity index (χ2n) is 4.28. The predicted octanol–water partition coefficient (Wildman–Crippen LogP) is 2.99. The second kappa shape index (κ2) is 4.25. The molecular formula is C11H12Cl3NO. The van der Waals surface area contributed by atoms with E-state index < -0.39 is 3.79 Å². The first-order valence-corrected chi connectivity index (χ1v) is 6.27. The highest BCUT2D eigenvalue weighted by Crippen LogP contribution is 2.43. The monoisotopic (exact) mass is 279 g/mol. The number of hydrogen-bond donors (Lipinski definition) is 1. The molecule has 2 rings (SSSR count). The van der Waals surface area contributed by atoms with Crippen LogP contribution in [0, 0.1) is 11.8 Å². The Morgan fingerprint density at radius 2 is 2.12 bits per heavy atom. The Morgan fingerprint density at radius 1 is 1.44 bits per heavy atom. The highest BCUT2D eigenvalue weighted by Gasteiger charge is 2.44. The van der Waals surface area contributed by atoms with E-state index in [1.54, 1.807) is 12.2 Å². The van der Waals surface area contributed by atoms with Crippen LogP contribution in [0.4, 0.5) is 0 Å². The number of carbonyl (C=O) groups is 1. The first-order chi connectivity index (χ1) is 7.38. The molecule has 3 atom stereocenters. The number of alkyl halides is 3. The molecule has 1 N–H and O–H groups in total. The molecule has 1 aliphatic heterocycles. The van der Waals surface area contributed by atoms with Crippen LogP contribution in [-0.4, -0.2) is 15.6 Å². The molecule has 1 saturated heterocycles. The van der Waals surface area contributed by atoms with Crippen LogP contribution in [0.1, 0.15) is 13.3 Å². The summed E-state index contributed by atoms with van der Waals surface area (Å²) in [5.74, 6) is -0.0413. The van der Waals surface area contributed by atoms with Gasteiger partial charge >= 0.3 is 0 Å². The molecule has 2 nitrogen and oxygen atoms in total. The van der Waals surface area contributed by atoms with Gasteiger partial charge < -0.3 is 5.32 Å². The number of nitrogens with one attached hydrogen (secondary N) is 1. The Kier molecular flexibility index (Phi) is 3.26. The van der Waals surface area contributed by atoms with Gasteiger partial charge in [-0.2, -0.15) is 0 Å². The molecule has 0 bridgehead atoms. The highest BCUT2D eigenvalue weighted by atomic mass is 35.6. The molecule has 0 amide bonds. The van der Waals surface area contributed by atoms with Gasteiger partial charge in [0.05, 0.1) is 5.92 Å². The van der Waals surface area contributed by atoms with Gasteiger partial charge in [0.1, 0.15) is 0 Å². The molecule has 88 valence electrons. The molecule has 0 aromatic heterocycles. The van der Waals surface area contributed by atoms with Crippen LogP contribution < -0.4 is 5.32 Å². The van der Waals surface area contributed by atoms with Crippen molar-refractivity contribution in [2.45, 2.75) is 23.2 Å². The lowest BCUT2D eigenvalue weighted by atomic mass is 9.82. The van der Waals surface area contributed by atoms with E-state index in [1.165, 1.54) is 0 Å². The number of carbonyl (C=O) groups excluding carboxylic acids is 1. The molecule has 0 spiro atoms. The Labute approximate surface area is 110 Å². The summed E-state index contributed by atoms with van der Waals surface area (Å²) in [5, 5.41) is 3.27. The summed E-state index contributed by atoms with van der Waals surface area (Å²) in [6.07, 6.45) is 5.64. The topological polar surface area (TPSA) is 29.1 Å². The van der Waals surface area contributed by atoms with Crippen molar-refractivity contribution in [2.75, 3.05) is 0 Å². The van der Waals surface area contributed by atoms with Crippen molar-refractivity contribution in [2.24, 2.45) is 11.8 Å². The molecule has 0 aromatic carbocycles. The lowest BCUT2D eigenvalue weighted by Gasteiger charge is -2.24. The Hall–Kier alpha value is -0.180. The number of fused-ring (bicyclic) bond motifs is 1. The summed E-state index contributed by atoms with van der Waals surface area (Å²) in [7, 11) is 0. The van der Waals surface area contributed by atoms with Crippen molar-refractivity contribution in [1.82, 2.24) is 5.32 Å². The van der Waals surface area contributed by atoms with Crippen LogP contribution in [0.5, 0.6) is 0 Å². The number of allylic oxidation sites excluding steroid dienone is 4. The van der Waals surface area contributed by atoms with E-state index in [2.05, 4.69) is 5.32 Å². The van der Waals surface area contributed by atoms with Crippen LogP contribution in [0.2, 0.25) is 0 Å². The smallest absolute Gasteiger partial charge is 0.191 e. The Bertz CT molecular complexity index is 370. The average molecular weight is 281 g/mol. The summed E-state index contributed by atoms with van der Waals surface area (Å²) in [4.78, 5) is 11.8. The normalized spacial score (nSPS) is 33.4. The van der Waals surface area contributed by atoms with Crippen molar-refractivity contribution in [3.63, 3.8) is 0 Å². The van der Waals surface area contributed by atoms with Gasteiger partial charge in [0.15, 0.2) is 9.58 Å². The van der Waals surface area contributed by atoms with Crippen molar-refractivity contribution in [3.05, 3.63) is 23.9 Å². The van der Waals surface area contributed by atoms with Crippen molar-refractivity contribution in [3.8, 4) is 0 Å². The number of rotatable bonds is 1. The fourth-order valence-corrected chi connectivity index (χ4v) is 2.94. The quantitative estimate of drug-likeness (QED) is 0.748. The third kappa shape index (κ3) is 2.39. The van der Waals surface area contributed by atoms with Crippen LogP contribution in [0.15, 0.2) is 23.9 Å². The van der Waals surface area contributed by atoms with E-state index in [-0.39, 0.29) is 23.7 Å². The molecule has 16 heavy (non-hydrogen) atoms. The van der Waals surface area contributed by atoms with E-state index in [0.717, 1.165) is 5.70 Å². The molecule has 1 heterocycles. The third-order valence-corrected chi connectivity index (χ3v) is 3.57. The van der Waals surface area contributed by atoms with Gasteiger partial charge in [-0.25, -0.2) is 0 Å². The maximum absolute atomic E-state index is 11.8. The van der Waals surface area contributed by atoms with Crippen molar-refractivity contribution in [1.29, 1.82) is 0 Å². The van der Waals surface area contributed by atoms with Gasteiger partial charge in [-0.1, -0.05) is 40.9 Å². The van der Waals surface area contributed by atoms with Gasteiger partial charge in [-0.15, -0.1) is 0 Å². The van der Waals surface area contributed by atoms with Gasteiger partial charge in [0, 0.05) is 18.2 Å². The molecule has 0 aromatic rings. The summed E-state index contributed by atoms with van der Waals surface area (Å²) in [6.45, 7) is 2.01. The third-order valence-electron chi connectivity index (χ3n) is 3.11. The molecule has 1 aliphatic carbocycles. The Morgan fingerprint density at radius 3 is 2.75 bits per heavy atom. The zero-order chi connectivity index (χ0) is 11.9. The number of ketones is 1. The largest absolute Gasteiger partial charge is 0.385 e.